The lowest BCUT2D eigenvalue weighted by Crippen LogP contribution is -2.35. The maximum atomic E-state index is 12.1. The van der Waals surface area contributed by atoms with Crippen LogP contribution < -0.4 is 5.32 Å². The highest BCUT2D eigenvalue weighted by Crippen LogP contribution is 2.26. The molecule has 2 aromatic heterocycles. The minimum Gasteiger partial charge on any atom is -0.460 e. The van der Waals surface area contributed by atoms with Crippen LogP contribution in [0.3, 0.4) is 0 Å². The fraction of sp³-hybridized carbons (Fsp3) is 0.478. The summed E-state index contributed by atoms with van der Waals surface area (Å²) >= 11 is 0. The van der Waals surface area contributed by atoms with Crippen molar-refractivity contribution in [3.63, 3.8) is 0 Å². The lowest BCUT2D eigenvalue weighted by molar-refractivity contribution is 0.0512. The van der Waals surface area contributed by atoms with Crippen molar-refractivity contribution in [3.8, 4) is 0 Å². The Bertz CT molecular complexity index is 1040. The summed E-state index contributed by atoms with van der Waals surface area (Å²) in [5.41, 5.74) is 3.65. The maximum Gasteiger partial charge on any atom is 0.376 e. The van der Waals surface area contributed by atoms with Crippen LogP contribution in [0.25, 0.3) is 11.1 Å². The number of rotatable bonds is 7. The lowest BCUT2D eigenvalue weighted by Gasteiger charge is -2.32. The summed E-state index contributed by atoms with van der Waals surface area (Å²) in [6.07, 6.45) is 2.22. The summed E-state index contributed by atoms with van der Waals surface area (Å²) in [5, 5.41) is 8.10. The Kier molecular flexibility index (Phi) is 6.46. The number of ether oxygens (including phenoxy) is 1. The number of aryl methyl sites for hydroxylation is 2. The molecule has 1 fully saturated rings. The van der Waals surface area contributed by atoms with Crippen molar-refractivity contribution < 1.29 is 14.1 Å². The van der Waals surface area contributed by atoms with Gasteiger partial charge in [0.15, 0.2) is 0 Å². The predicted molar refractivity (Wildman–Crippen MR) is 118 cm³/mol. The number of nitrogens with zero attached hydrogens (tertiary/aromatic N) is 4. The third-order valence-electron chi connectivity index (χ3n) is 5.76. The molecule has 1 saturated heterocycles. The molecule has 3 heterocycles. The number of piperidine rings is 1. The molecule has 8 nitrogen and oxygen atoms in total. The number of nitrogens with one attached hydrogen (secondary N) is 1. The van der Waals surface area contributed by atoms with Crippen LogP contribution in [0.15, 0.2) is 28.8 Å². The van der Waals surface area contributed by atoms with Crippen LogP contribution in [0.4, 0.5) is 5.82 Å². The SMILES string of the molecule is CCOC(=O)c1nc(NCC2CCN(Cc3ccc(C)cc3)CC2)c2c(C)noc2n1. The molecule has 0 unspecified atom stereocenters. The summed E-state index contributed by atoms with van der Waals surface area (Å²) in [4.78, 5) is 23.2. The summed E-state index contributed by atoms with van der Waals surface area (Å²) in [6.45, 7) is 9.88. The molecule has 164 valence electrons. The van der Waals surface area contributed by atoms with Crippen LogP contribution in [0, 0.1) is 19.8 Å². The highest BCUT2D eigenvalue weighted by Gasteiger charge is 2.22. The van der Waals surface area contributed by atoms with Crippen LogP contribution in [0.2, 0.25) is 0 Å². The van der Waals surface area contributed by atoms with Gasteiger partial charge in [0, 0.05) is 13.1 Å². The van der Waals surface area contributed by atoms with Gasteiger partial charge in [0.2, 0.25) is 5.82 Å². The van der Waals surface area contributed by atoms with Crippen molar-refractivity contribution in [2.75, 3.05) is 31.6 Å². The second-order valence-corrected chi connectivity index (χ2v) is 8.15. The number of aromatic nitrogens is 3. The van der Waals surface area contributed by atoms with E-state index in [0.29, 0.717) is 28.5 Å². The van der Waals surface area contributed by atoms with Gasteiger partial charge < -0.3 is 14.6 Å². The van der Waals surface area contributed by atoms with Gasteiger partial charge in [-0.2, -0.15) is 4.98 Å². The summed E-state index contributed by atoms with van der Waals surface area (Å²) in [7, 11) is 0. The Hall–Kier alpha value is -3.00. The van der Waals surface area contributed by atoms with Crippen LogP contribution >= 0.6 is 0 Å². The first-order chi connectivity index (χ1) is 15.0. The van der Waals surface area contributed by atoms with Gasteiger partial charge in [-0.25, -0.2) is 9.78 Å². The Morgan fingerprint density at radius 3 is 2.65 bits per heavy atom. The average molecular weight is 424 g/mol. The van der Waals surface area contributed by atoms with E-state index in [0.717, 1.165) is 39.0 Å². The van der Waals surface area contributed by atoms with Gasteiger partial charge in [0.1, 0.15) is 11.2 Å². The van der Waals surface area contributed by atoms with Crippen molar-refractivity contribution in [1.82, 2.24) is 20.0 Å². The highest BCUT2D eigenvalue weighted by atomic mass is 16.5. The quantitative estimate of drug-likeness (QED) is 0.575. The van der Waals surface area contributed by atoms with E-state index in [1.165, 1.54) is 11.1 Å². The van der Waals surface area contributed by atoms with Gasteiger partial charge in [-0.15, -0.1) is 0 Å². The molecule has 1 aliphatic heterocycles. The Balaban J connectivity index is 1.37. The average Bonchev–Trinajstić information content (AvgIpc) is 3.16. The molecule has 0 saturated carbocycles. The van der Waals surface area contributed by atoms with Gasteiger partial charge >= 0.3 is 5.97 Å². The minimum absolute atomic E-state index is 0.0130. The van der Waals surface area contributed by atoms with Gasteiger partial charge in [-0.3, -0.25) is 4.90 Å². The fourth-order valence-corrected chi connectivity index (χ4v) is 3.95. The smallest absolute Gasteiger partial charge is 0.376 e. The molecule has 1 aromatic carbocycles. The molecule has 0 spiro atoms. The standard InChI is InChI=1S/C23H29N5O3/c1-4-30-23(29)21-25-20(19-16(3)27-31-22(19)26-21)24-13-17-9-11-28(12-10-17)14-18-7-5-15(2)6-8-18/h5-8,17H,4,9-14H2,1-3H3,(H,24,25,26). The molecular formula is C23H29N5O3. The number of anilines is 1. The second-order valence-electron chi connectivity index (χ2n) is 8.15. The van der Waals surface area contributed by atoms with E-state index in [4.69, 9.17) is 9.26 Å². The zero-order valence-corrected chi connectivity index (χ0v) is 18.4. The van der Waals surface area contributed by atoms with Gasteiger partial charge in [-0.05, 0) is 58.2 Å². The zero-order chi connectivity index (χ0) is 21.8. The molecule has 1 aliphatic rings. The number of carbonyl (C=O) groups is 1. The molecule has 4 rings (SSSR count). The normalized spacial score (nSPS) is 15.3. The van der Waals surface area contributed by atoms with Gasteiger partial charge in [0.05, 0.1) is 12.3 Å². The number of carbonyl (C=O) groups excluding carboxylic acids is 1. The van der Waals surface area contributed by atoms with Crippen LogP contribution in [0.1, 0.15) is 47.2 Å². The molecular weight excluding hydrogens is 394 g/mol. The zero-order valence-electron chi connectivity index (χ0n) is 18.4. The lowest BCUT2D eigenvalue weighted by atomic mass is 9.96. The Labute approximate surface area is 182 Å². The third-order valence-corrected chi connectivity index (χ3v) is 5.76. The Morgan fingerprint density at radius 1 is 1.19 bits per heavy atom. The fourth-order valence-electron chi connectivity index (χ4n) is 3.95. The van der Waals surface area contributed by atoms with Crippen LogP contribution in [-0.4, -0.2) is 52.2 Å². The molecule has 0 aliphatic carbocycles. The number of hydrogen-bond acceptors (Lipinski definition) is 8. The van der Waals surface area contributed by atoms with Crippen molar-refractivity contribution >= 4 is 22.9 Å². The first kappa shape index (κ1) is 21.2. The number of fused-ring (bicyclic) bond motifs is 1. The number of benzene rings is 1. The van der Waals surface area contributed by atoms with Crippen LogP contribution in [-0.2, 0) is 11.3 Å². The summed E-state index contributed by atoms with van der Waals surface area (Å²) in [6, 6.07) is 8.77. The molecule has 3 aromatic rings. The Morgan fingerprint density at radius 2 is 1.94 bits per heavy atom. The molecule has 8 heteroatoms. The molecule has 31 heavy (non-hydrogen) atoms. The summed E-state index contributed by atoms with van der Waals surface area (Å²) in [5.74, 6) is 0.534. The number of hydrogen-bond donors (Lipinski definition) is 1. The van der Waals surface area contributed by atoms with E-state index in [-0.39, 0.29) is 12.4 Å². The predicted octanol–water partition coefficient (Wildman–Crippen LogP) is 3.74. The van der Waals surface area contributed by atoms with Gasteiger partial charge in [0.25, 0.3) is 5.71 Å². The molecule has 1 N–H and O–H groups in total. The van der Waals surface area contributed by atoms with Crippen molar-refractivity contribution in [2.24, 2.45) is 5.92 Å². The number of esters is 1. The monoisotopic (exact) mass is 423 g/mol. The molecule has 0 atom stereocenters. The molecule has 0 bridgehead atoms. The van der Waals surface area contributed by atoms with E-state index < -0.39 is 5.97 Å². The largest absolute Gasteiger partial charge is 0.460 e. The van der Waals surface area contributed by atoms with E-state index in [1.807, 2.05) is 6.92 Å². The van der Waals surface area contributed by atoms with E-state index in [9.17, 15) is 4.79 Å². The topological polar surface area (TPSA) is 93.4 Å². The highest BCUT2D eigenvalue weighted by molar-refractivity contribution is 5.93. The number of likely N-dealkylation sites (tertiary alicyclic amines) is 1. The second kappa shape index (κ2) is 9.43. The summed E-state index contributed by atoms with van der Waals surface area (Å²) < 4.78 is 10.3. The van der Waals surface area contributed by atoms with Gasteiger partial charge in [-0.1, -0.05) is 35.0 Å². The van der Waals surface area contributed by atoms with E-state index in [2.05, 4.69) is 56.5 Å². The molecule has 0 amide bonds. The third kappa shape index (κ3) is 5.02. The molecule has 0 radical (unpaired) electrons. The maximum absolute atomic E-state index is 12.1. The van der Waals surface area contributed by atoms with E-state index >= 15 is 0 Å². The van der Waals surface area contributed by atoms with Crippen molar-refractivity contribution in [1.29, 1.82) is 0 Å². The van der Waals surface area contributed by atoms with Crippen molar-refractivity contribution in [3.05, 3.63) is 46.9 Å². The minimum atomic E-state index is -0.564. The first-order valence-corrected chi connectivity index (χ1v) is 10.9. The first-order valence-electron chi connectivity index (χ1n) is 10.9. The van der Waals surface area contributed by atoms with E-state index in [1.54, 1.807) is 6.92 Å². The van der Waals surface area contributed by atoms with Crippen molar-refractivity contribution in [2.45, 2.75) is 40.2 Å². The van der Waals surface area contributed by atoms with Crippen LogP contribution in [0.5, 0.6) is 0 Å².